The number of hydrogen-bond donors (Lipinski definition) is 2. The van der Waals surface area contributed by atoms with Crippen LogP contribution in [0.4, 0.5) is 16.2 Å². The average Bonchev–Trinajstić information content (AvgIpc) is 2.82. The lowest BCUT2D eigenvalue weighted by Gasteiger charge is -2.08. The number of hydrogen-bond acceptors (Lipinski definition) is 3. The summed E-state index contributed by atoms with van der Waals surface area (Å²) < 4.78 is 1.09. The topological polar surface area (TPSA) is 54.0 Å². The van der Waals surface area contributed by atoms with Crippen LogP contribution in [-0.2, 0) is 0 Å². The molecule has 1 heterocycles. The Kier molecular flexibility index (Phi) is 4.20. The Labute approximate surface area is 141 Å². The molecular formula is C15H11Cl2N3OS. The highest BCUT2D eigenvalue weighted by Gasteiger charge is 2.07. The Morgan fingerprint density at radius 1 is 1.05 bits per heavy atom. The van der Waals surface area contributed by atoms with E-state index in [1.807, 2.05) is 25.1 Å². The normalized spacial score (nSPS) is 10.7. The molecule has 112 valence electrons. The summed E-state index contributed by atoms with van der Waals surface area (Å²) in [5.41, 5.74) is 2.11. The molecule has 0 saturated heterocycles. The van der Waals surface area contributed by atoms with Gasteiger partial charge in [-0.1, -0.05) is 23.2 Å². The lowest BCUT2D eigenvalue weighted by molar-refractivity contribution is 0.262. The van der Waals surface area contributed by atoms with E-state index in [0.29, 0.717) is 21.4 Å². The van der Waals surface area contributed by atoms with Gasteiger partial charge in [0.15, 0.2) is 0 Å². The Balaban J connectivity index is 1.73. The summed E-state index contributed by atoms with van der Waals surface area (Å²) in [4.78, 5) is 16.4. The minimum Gasteiger partial charge on any atom is -0.308 e. The molecule has 0 aliphatic carbocycles. The van der Waals surface area contributed by atoms with Gasteiger partial charge in [0.25, 0.3) is 0 Å². The van der Waals surface area contributed by atoms with Crippen molar-refractivity contribution in [3.8, 4) is 0 Å². The number of nitrogens with one attached hydrogen (secondary N) is 2. The van der Waals surface area contributed by atoms with E-state index in [2.05, 4.69) is 15.6 Å². The van der Waals surface area contributed by atoms with E-state index in [0.717, 1.165) is 15.2 Å². The number of halogens is 2. The zero-order valence-electron chi connectivity index (χ0n) is 11.5. The van der Waals surface area contributed by atoms with E-state index in [-0.39, 0.29) is 6.03 Å². The fourth-order valence-electron chi connectivity index (χ4n) is 1.99. The monoisotopic (exact) mass is 351 g/mol. The summed E-state index contributed by atoms with van der Waals surface area (Å²) in [5.74, 6) is 0. The fourth-order valence-corrected chi connectivity index (χ4v) is 3.09. The molecule has 7 heteroatoms. The number of carbonyl (C=O) groups is 1. The van der Waals surface area contributed by atoms with Crippen molar-refractivity contribution in [2.45, 2.75) is 6.92 Å². The number of nitrogens with zero attached hydrogens (tertiary/aromatic N) is 1. The number of thiazole rings is 1. The summed E-state index contributed by atoms with van der Waals surface area (Å²) in [7, 11) is 0. The number of rotatable bonds is 2. The zero-order chi connectivity index (χ0) is 15.7. The minimum absolute atomic E-state index is 0.357. The van der Waals surface area contributed by atoms with Crippen LogP contribution >= 0.6 is 34.5 Å². The SMILES string of the molecule is Cc1nc2cc(NC(=O)Nc3ccc(Cl)c(Cl)c3)ccc2s1. The fraction of sp³-hybridized carbons (Fsp3) is 0.0667. The van der Waals surface area contributed by atoms with Crippen molar-refractivity contribution in [1.29, 1.82) is 0 Å². The van der Waals surface area contributed by atoms with E-state index in [9.17, 15) is 4.79 Å². The second-order valence-corrected chi connectivity index (χ2v) is 6.67. The molecule has 4 nitrogen and oxygen atoms in total. The number of carbonyl (C=O) groups excluding carboxylic acids is 1. The van der Waals surface area contributed by atoms with Crippen molar-refractivity contribution in [3.63, 3.8) is 0 Å². The van der Waals surface area contributed by atoms with Gasteiger partial charge in [-0.3, -0.25) is 0 Å². The van der Waals surface area contributed by atoms with Gasteiger partial charge in [0.2, 0.25) is 0 Å². The van der Waals surface area contributed by atoms with Crippen LogP contribution in [0.15, 0.2) is 36.4 Å². The lowest BCUT2D eigenvalue weighted by atomic mass is 10.3. The predicted molar refractivity (Wildman–Crippen MR) is 93.5 cm³/mol. The number of aromatic nitrogens is 1. The molecule has 0 fully saturated rings. The van der Waals surface area contributed by atoms with Crippen molar-refractivity contribution < 1.29 is 4.79 Å². The van der Waals surface area contributed by atoms with Crippen LogP contribution in [0.3, 0.4) is 0 Å². The van der Waals surface area contributed by atoms with Gasteiger partial charge >= 0.3 is 6.03 Å². The number of urea groups is 1. The first-order chi connectivity index (χ1) is 10.5. The predicted octanol–water partition coefficient (Wildman–Crippen LogP) is 5.56. The average molecular weight is 352 g/mol. The van der Waals surface area contributed by atoms with E-state index >= 15 is 0 Å². The van der Waals surface area contributed by atoms with Gasteiger partial charge in [0.1, 0.15) is 0 Å². The highest BCUT2D eigenvalue weighted by molar-refractivity contribution is 7.18. The third-order valence-electron chi connectivity index (χ3n) is 2.93. The van der Waals surface area contributed by atoms with E-state index in [1.54, 1.807) is 29.5 Å². The van der Waals surface area contributed by atoms with Crippen LogP contribution in [0.5, 0.6) is 0 Å². The molecule has 0 atom stereocenters. The Morgan fingerprint density at radius 3 is 2.45 bits per heavy atom. The van der Waals surface area contributed by atoms with Crippen LogP contribution < -0.4 is 10.6 Å². The molecule has 0 aliphatic heterocycles. The van der Waals surface area contributed by atoms with Gasteiger partial charge in [0.05, 0.1) is 25.3 Å². The van der Waals surface area contributed by atoms with Crippen molar-refractivity contribution in [1.82, 2.24) is 4.98 Å². The van der Waals surface area contributed by atoms with Crippen LogP contribution in [-0.4, -0.2) is 11.0 Å². The summed E-state index contributed by atoms with van der Waals surface area (Å²) in [6, 6.07) is 10.2. The van der Waals surface area contributed by atoms with Gasteiger partial charge in [-0.15, -0.1) is 11.3 Å². The van der Waals surface area contributed by atoms with E-state index < -0.39 is 0 Å². The largest absolute Gasteiger partial charge is 0.323 e. The van der Waals surface area contributed by atoms with Gasteiger partial charge in [-0.2, -0.15) is 0 Å². The number of amides is 2. The third-order valence-corrected chi connectivity index (χ3v) is 4.62. The van der Waals surface area contributed by atoms with Crippen LogP contribution in [0.2, 0.25) is 10.0 Å². The molecular weight excluding hydrogens is 341 g/mol. The van der Waals surface area contributed by atoms with Crippen molar-refractivity contribution >= 4 is 62.2 Å². The molecule has 0 aliphatic rings. The lowest BCUT2D eigenvalue weighted by Crippen LogP contribution is -2.19. The smallest absolute Gasteiger partial charge is 0.308 e. The highest BCUT2D eigenvalue weighted by Crippen LogP contribution is 2.26. The van der Waals surface area contributed by atoms with Gasteiger partial charge in [0, 0.05) is 11.4 Å². The third kappa shape index (κ3) is 3.32. The number of fused-ring (bicyclic) bond motifs is 1. The second-order valence-electron chi connectivity index (χ2n) is 4.62. The van der Waals surface area contributed by atoms with Crippen LogP contribution in [0.1, 0.15) is 5.01 Å². The molecule has 3 rings (SSSR count). The number of aryl methyl sites for hydroxylation is 1. The van der Waals surface area contributed by atoms with Crippen molar-refractivity contribution in [3.05, 3.63) is 51.5 Å². The first-order valence-electron chi connectivity index (χ1n) is 6.41. The maximum Gasteiger partial charge on any atom is 0.323 e. The second kappa shape index (κ2) is 6.12. The Hall–Kier alpha value is -1.82. The summed E-state index contributed by atoms with van der Waals surface area (Å²) in [6.07, 6.45) is 0. The molecule has 2 N–H and O–H groups in total. The van der Waals surface area contributed by atoms with Crippen LogP contribution in [0, 0.1) is 6.92 Å². The van der Waals surface area contributed by atoms with Crippen molar-refractivity contribution in [2.75, 3.05) is 10.6 Å². The number of benzene rings is 2. The molecule has 0 unspecified atom stereocenters. The summed E-state index contributed by atoms with van der Waals surface area (Å²) in [6.45, 7) is 1.95. The number of anilines is 2. The zero-order valence-corrected chi connectivity index (χ0v) is 13.8. The molecule has 2 amide bonds. The van der Waals surface area contributed by atoms with Gasteiger partial charge < -0.3 is 10.6 Å². The molecule has 3 aromatic rings. The van der Waals surface area contributed by atoms with Crippen LogP contribution in [0.25, 0.3) is 10.2 Å². The molecule has 0 radical (unpaired) electrons. The van der Waals surface area contributed by atoms with Gasteiger partial charge in [-0.25, -0.2) is 9.78 Å². The Bertz CT molecular complexity index is 863. The molecule has 0 saturated carbocycles. The minimum atomic E-state index is -0.357. The first-order valence-corrected chi connectivity index (χ1v) is 7.99. The maximum atomic E-state index is 12.0. The molecule has 22 heavy (non-hydrogen) atoms. The molecule has 1 aromatic heterocycles. The van der Waals surface area contributed by atoms with E-state index in [4.69, 9.17) is 23.2 Å². The Morgan fingerprint density at radius 2 is 1.73 bits per heavy atom. The quantitative estimate of drug-likeness (QED) is 0.635. The first kappa shape index (κ1) is 15.1. The van der Waals surface area contributed by atoms with E-state index in [1.165, 1.54) is 0 Å². The summed E-state index contributed by atoms with van der Waals surface area (Å²) in [5, 5.41) is 7.29. The maximum absolute atomic E-state index is 12.0. The molecule has 2 aromatic carbocycles. The molecule has 0 bridgehead atoms. The highest BCUT2D eigenvalue weighted by atomic mass is 35.5. The van der Waals surface area contributed by atoms with Crippen molar-refractivity contribution in [2.24, 2.45) is 0 Å². The standard InChI is InChI=1S/C15H11Cl2N3OS/c1-8-18-13-7-10(3-5-14(13)22-8)20-15(21)19-9-2-4-11(16)12(17)6-9/h2-7H,1H3,(H2,19,20,21). The molecule has 0 spiro atoms. The summed E-state index contributed by atoms with van der Waals surface area (Å²) >= 11 is 13.4. The van der Waals surface area contributed by atoms with Gasteiger partial charge in [-0.05, 0) is 43.3 Å².